The Hall–Kier alpha value is -1.95. The van der Waals surface area contributed by atoms with E-state index in [1.165, 1.54) is 24.3 Å². The molecule has 0 aromatic heterocycles. The van der Waals surface area contributed by atoms with Gasteiger partial charge in [-0.05, 0) is 58.7 Å². The highest BCUT2D eigenvalue weighted by molar-refractivity contribution is 6.39. The van der Waals surface area contributed by atoms with Crippen LogP contribution in [0.4, 0.5) is 10.1 Å². The molecule has 2 rings (SSSR count). The van der Waals surface area contributed by atoms with Gasteiger partial charge in [0.1, 0.15) is 5.82 Å². The highest BCUT2D eigenvalue weighted by Gasteiger charge is 2.48. The number of likely N-dealkylation sites (tertiary alicyclic amines) is 1. The third-order valence-electron chi connectivity index (χ3n) is 4.21. The number of amides is 2. The second-order valence-electron chi connectivity index (χ2n) is 7.40. The summed E-state index contributed by atoms with van der Waals surface area (Å²) in [6, 6.07) is 5.44. The van der Waals surface area contributed by atoms with E-state index in [1.807, 2.05) is 27.7 Å². The molecule has 3 N–H and O–H groups in total. The lowest BCUT2D eigenvalue weighted by Crippen LogP contribution is -2.66. The molecule has 1 aromatic rings. The van der Waals surface area contributed by atoms with Crippen LogP contribution in [-0.2, 0) is 9.59 Å². The summed E-state index contributed by atoms with van der Waals surface area (Å²) < 4.78 is 13.2. The molecule has 0 radical (unpaired) electrons. The van der Waals surface area contributed by atoms with Crippen molar-refractivity contribution in [2.24, 2.45) is 5.73 Å². The zero-order valence-corrected chi connectivity index (χ0v) is 14.0. The van der Waals surface area contributed by atoms with Crippen molar-refractivity contribution in [3.8, 4) is 0 Å². The number of nitrogens with two attached hydrogens (primary N) is 1. The predicted molar refractivity (Wildman–Crippen MR) is 87.2 cm³/mol. The average Bonchev–Trinajstić information content (AvgIpc) is 2.34. The SMILES string of the molecule is CC1(C)CC(N)CC(C)(C)N1C(=O)C(=O)Nc1cccc(F)c1. The van der Waals surface area contributed by atoms with Crippen LogP contribution in [0.15, 0.2) is 24.3 Å². The Morgan fingerprint density at radius 1 is 1.22 bits per heavy atom. The van der Waals surface area contributed by atoms with Crippen LogP contribution in [0.5, 0.6) is 0 Å². The zero-order chi connectivity index (χ0) is 17.4. The van der Waals surface area contributed by atoms with E-state index in [4.69, 9.17) is 5.73 Å². The third-order valence-corrected chi connectivity index (χ3v) is 4.21. The van der Waals surface area contributed by atoms with Crippen molar-refractivity contribution in [1.29, 1.82) is 0 Å². The van der Waals surface area contributed by atoms with Crippen LogP contribution in [0.2, 0.25) is 0 Å². The van der Waals surface area contributed by atoms with E-state index < -0.39 is 28.7 Å². The molecule has 6 heteroatoms. The van der Waals surface area contributed by atoms with E-state index in [2.05, 4.69) is 5.32 Å². The Balaban J connectivity index is 2.22. The molecule has 1 aromatic carbocycles. The van der Waals surface area contributed by atoms with Crippen molar-refractivity contribution in [2.45, 2.75) is 57.7 Å². The Morgan fingerprint density at radius 3 is 2.30 bits per heavy atom. The van der Waals surface area contributed by atoms with Crippen molar-refractivity contribution < 1.29 is 14.0 Å². The summed E-state index contributed by atoms with van der Waals surface area (Å²) in [5, 5.41) is 2.47. The number of carbonyl (C=O) groups is 2. The molecular weight excluding hydrogens is 297 g/mol. The molecule has 126 valence electrons. The third kappa shape index (κ3) is 3.69. The van der Waals surface area contributed by atoms with Crippen LogP contribution in [0.1, 0.15) is 40.5 Å². The van der Waals surface area contributed by atoms with Crippen molar-refractivity contribution >= 4 is 17.5 Å². The van der Waals surface area contributed by atoms with E-state index in [0.29, 0.717) is 12.8 Å². The van der Waals surface area contributed by atoms with Gasteiger partial charge in [0.25, 0.3) is 0 Å². The standard InChI is InChI=1S/C17H24FN3O2/c1-16(2)9-12(19)10-17(3,4)21(16)15(23)14(22)20-13-7-5-6-11(18)8-13/h5-8,12H,9-10,19H2,1-4H3,(H,20,22). The number of nitrogens with zero attached hydrogens (tertiary/aromatic N) is 1. The minimum atomic E-state index is -0.771. The summed E-state index contributed by atoms with van der Waals surface area (Å²) in [4.78, 5) is 26.6. The number of benzene rings is 1. The van der Waals surface area contributed by atoms with Gasteiger partial charge in [-0.25, -0.2) is 4.39 Å². The number of anilines is 1. The largest absolute Gasteiger partial charge is 0.328 e. The number of halogens is 1. The Kier molecular flexibility index (Phi) is 4.48. The first kappa shape index (κ1) is 17.4. The fraction of sp³-hybridized carbons (Fsp3) is 0.529. The van der Waals surface area contributed by atoms with Crippen LogP contribution in [-0.4, -0.2) is 33.8 Å². The normalized spacial score (nSPS) is 20.2. The van der Waals surface area contributed by atoms with Gasteiger partial charge in [0.05, 0.1) is 0 Å². The first-order chi connectivity index (χ1) is 10.5. The molecule has 2 amide bonds. The van der Waals surface area contributed by atoms with E-state index in [1.54, 1.807) is 4.90 Å². The van der Waals surface area contributed by atoms with Gasteiger partial charge in [0.2, 0.25) is 0 Å². The van der Waals surface area contributed by atoms with Gasteiger partial charge in [0, 0.05) is 22.8 Å². The molecule has 5 nitrogen and oxygen atoms in total. The summed E-state index contributed by atoms with van der Waals surface area (Å²) in [5.74, 6) is -1.87. The van der Waals surface area contributed by atoms with Gasteiger partial charge in [-0.15, -0.1) is 0 Å². The molecular formula is C17H24FN3O2. The quantitative estimate of drug-likeness (QED) is 0.779. The first-order valence-electron chi connectivity index (χ1n) is 7.70. The van der Waals surface area contributed by atoms with E-state index in [9.17, 15) is 14.0 Å². The van der Waals surface area contributed by atoms with Crippen molar-refractivity contribution in [2.75, 3.05) is 5.32 Å². The molecule has 1 fully saturated rings. The average molecular weight is 321 g/mol. The number of hydrogen-bond donors (Lipinski definition) is 2. The fourth-order valence-electron chi connectivity index (χ4n) is 3.76. The smallest absolute Gasteiger partial charge is 0.313 e. The number of piperidine rings is 1. The molecule has 23 heavy (non-hydrogen) atoms. The topological polar surface area (TPSA) is 75.4 Å². The van der Waals surface area contributed by atoms with Gasteiger partial charge < -0.3 is 16.0 Å². The number of carbonyl (C=O) groups excluding carboxylic acids is 2. The van der Waals surface area contributed by atoms with Crippen molar-refractivity contribution in [3.05, 3.63) is 30.1 Å². The van der Waals surface area contributed by atoms with Crippen molar-refractivity contribution in [3.63, 3.8) is 0 Å². The van der Waals surface area contributed by atoms with Crippen LogP contribution >= 0.6 is 0 Å². The molecule has 0 unspecified atom stereocenters. The van der Waals surface area contributed by atoms with E-state index in [0.717, 1.165) is 0 Å². The highest BCUT2D eigenvalue weighted by Crippen LogP contribution is 2.37. The second kappa shape index (κ2) is 5.92. The highest BCUT2D eigenvalue weighted by atomic mass is 19.1. The maximum atomic E-state index is 13.2. The minimum Gasteiger partial charge on any atom is -0.328 e. The summed E-state index contributed by atoms with van der Waals surface area (Å²) in [6.45, 7) is 7.62. The van der Waals surface area contributed by atoms with Gasteiger partial charge in [0.15, 0.2) is 0 Å². The second-order valence-corrected chi connectivity index (χ2v) is 7.40. The van der Waals surface area contributed by atoms with Crippen LogP contribution in [0.3, 0.4) is 0 Å². The lowest BCUT2D eigenvalue weighted by Gasteiger charge is -2.54. The number of nitrogens with one attached hydrogen (secondary N) is 1. The molecule has 0 atom stereocenters. The molecule has 1 aliphatic rings. The zero-order valence-electron chi connectivity index (χ0n) is 14.0. The Labute approximate surface area is 136 Å². The minimum absolute atomic E-state index is 0.0182. The first-order valence-corrected chi connectivity index (χ1v) is 7.70. The summed E-state index contributed by atoms with van der Waals surface area (Å²) >= 11 is 0. The molecule has 0 saturated carbocycles. The Bertz CT molecular complexity index is 610. The van der Waals surface area contributed by atoms with Gasteiger partial charge >= 0.3 is 11.8 Å². The number of hydrogen-bond acceptors (Lipinski definition) is 3. The predicted octanol–water partition coefficient (Wildman–Crippen LogP) is 2.27. The van der Waals surface area contributed by atoms with Gasteiger partial charge in [-0.3, -0.25) is 9.59 Å². The van der Waals surface area contributed by atoms with Crippen LogP contribution in [0, 0.1) is 5.82 Å². The summed E-state index contributed by atoms with van der Waals surface area (Å²) in [6.07, 6.45) is 1.24. The molecule has 0 aliphatic carbocycles. The lowest BCUT2D eigenvalue weighted by molar-refractivity contribution is -0.156. The fourth-order valence-corrected chi connectivity index (χ4v) is 3.76. The van der Waals surface area contributed by atoms with Crippen LogP contribution in [0.25, 0.3) is 0 Å². The lowest BCUT2D eigenvalue weighted by atomic mass is 9.77. The maximum absolute atomic E-state index is 13.2. The van der Waals surface area contributed by atoms with Crippen LogP contribution < -0.4 is 11.1 Å². The Morgan fingerprint density at radius 2 is 1.78 bits per heavy atom. The molecule has 0 bridgehead atoms. The van der Waals surface area contributed by atoms with Gasteiger partial charge in [-0.2, -0.15) is 0 Å². The molecule has 1 aliphatic heterocycles. The maximum Gasteiger partial charge on any atom is 0.313 e. The monoisotopic (exact) mass is 321 g/mol. The summed E-state index contributed by atoms with van der Waals surface area (Å²) in [5.41, 5.74) is 5.28. The number of rotatable bonds is 1. The van der Waals surface area contributed by atoms with Gasteiger partial charge in [-0.1, -0.05) is 6.07 Å². The van der Waals surface area contributed by atoms with E-state index in [-0.39, 0.29) is 11.7 Å². The molecule has 1 heterocycles. The summed E-state index contributed by atoms with van der Waals surface area (Å²) in [7, 11) is 0. The molecule has 1 saturated heterocycles. The molecule has 0 spiro atoms. The van der Waals surface area contributed by atoms with Crippen molar-refractivity contribution in [1.82, 2.24) is 4.90 Å². The van der Waals surface area contributed by atoms with E-state index >= 15 is 0 Å².